The number of rotatable bonds is 8. The Morgan fingerprint density at radius 2 is 1.55 bits per heavy atom. The van der Waals surface area contributed by atoms with E-state index in [0.717, 1.165) is 32.0 Å². The van der Waals surface area contributed by atoms with Crippen molar-refractivity contribution in [3.8, 4) is 0 Å². The molecule has 0 atom stereocenters. The van der Waals surface area contributed by atoms with E-state index in [1.165, 1.54) is 0 Å². The quantitative estimate of drug-likeness (QED) is 0.763. The summed E-state index contributed by atoms with van der Waals surface area (Å²) in [5, 5.41) is 6.55. The van der Waals surface area contributed by atoms with E-state index in [1.54, 1.807) is 0 Å². The molecule has 0 aliphatic heterocycles. The standard InChI is InChI=1S/C14H28N6/c1-7-14(5,6)19-12-16-11(15-8-2)17-13(18-12)20(9-3)10-4/h7-10H2,1-6H3,(H2,15,16,17,18,19). The van der Waals surface area contributed by atoms with Gasteiger partial charge >= 0.3 is 0 Å². The van der Waals surface area contributed by atoms with Crippen LogP contribution in [0.3, 0.4) is 0 Å². The fraction of sp³-hybridized carbons (Fsp3) is 0.786. The summed E-state index contributed by atoms with van der Waals surface area (Å²) in [5.41, 5.74) is -0.0363. The van der Waals surface area contributed by atoms with Gasteiger partial charge in [-0.05, 0) is 41.0 Å². The minimum atomic E-state index is -0.0363. The molecule has 20 heavy (non-hydrogen) atoms. The Morgan fingerprint density at radius 1 is 0.950 bits per heavy atom. The van der Waals surface area contributed by atoms with Gasteiger partial charge in [-0.3, -0.25) is 0 Å². The maximum absolute atomic E-state index is 4.54. The third kappa shape index (κ3) is 4.51. The number of anilines is 3. The second kappa shape index (κ2) is 7.26. The molecule has 1 heterocycles. The molecule has 0 fully saturated rings. The summed E-state index contributed by atoms with van der Waals surface area (Å²) in [6.45, 7) is 15.2. The maximum Gasteiger partial charge on any atom is 0.231 e. The van der Waals surface area contributed by atoms with E-state index in [0.29, 0.717) is 11.9 Å². The zero-order valence-electron chi connectivity index (χ0n) is 13.6. The van der Waals surface area contributed by atoms with Gasteiger partial charge in [0.15, 0.2) is 0 Å². The van der Waals surface area contributed by atoms with Crippen LogP contribution < -0.4 is 15.5 Å². The van der Waals surface area contributed by atoms with Crippen molar-refractivity contribution in [3.05, 3.63) is 0 Å². The van der Waals surface area contributed by atoms with E-state index in [-0.39, 0.29) is 5.54 Å². The number of nitrogens with zero attached hydrogens (tertiary/aromatic N) is 4. The molecule has 1 rings (SSSR count). The molecule has 0 aromatic carbocycles. The molecule has 0 saturated carbocycles. The Kier molecular flexibility index (Phi) is 5.98. The predicted molar refractivity (Wildman–Crippen MR) is 85.5 cm³/mol. The Balaban J connectivity index is 3.10. The van der Waals surface area contributed by atoms with Gasteiger partial charge in [0.1, 0.15) is 0 Å². The second-order valence-corrected chi connectivity index (χ2v) is 5.35. The van der Waals surface area contributed by atoms with E-state index in [4.69, 9.17) is 0 Å². The summed E-state index contributed by atoms with van der Waals surface area (Å²) in [6, 6.07) is 0. The summed E-state index contributed by atoms with van der Waals surface area (Å²) < 4.78 is 0. The molecule has 1 aromatic rings. The van der Waals surface area contributed by atoms with Crippen molar-refractivity contribution < 1.29 is 0 Å². The van der Waals surface area contributed by atoms with E-state index < -0.39 is 0 Å². The van der Waals surface area contributed by atoms with Crippen molar-refractivity contribution >= 4 is 17.8 Å². The smallest absolute Gasteiger partial charge is 0.231 e. The van der Waals surface area contributed by atoms with Crippen LogP contribution in [0.2, 0.25) is 0 Å². The van der Waals surface area contributed by atoms with Crippen molar-refractivity contribution in [1.82, 2.24) is 15.0 Å². The lowest BCUT2D eigenvalue weighted by molar-refractivity contribution is 0.541. The highest BCUT2D eigenvalue weighted by Crippen LogP contribution is 2.18. The molecule has 2 N–H and O–H groups in total. The summed E-state index contributed by atoms with van der Waals surface area (Å²) >= 11 is 0. The van der Waals surface area contributed by atoms with Crippen LogP contribution in [0.15, 0.2) is 0 Å². The summed E-state index contributed by atoms with van der Waals surface area (Å²) in [4.78, 5) is 15.6. The van der Waals surface area contributed by atoms with E-state index in [2.05, 4.69) is 65.1 Å². The predicted octanol–water partition coefficient (Wildman–Crippen LogP) is 2.75. The van der Waals surface area contributed by atoms with Crippen LogP contribution in [0.1, 0.15) is 48.0 Å². The Morgan fingerprint density at radius 3 is 2.05 bits per heavy atom. The topological polar surface area (TPSA) is 66.0 Å². The normalized spacial score (nSPS) is 11.3. The summed E-state index contributed by atoms with van der Waals surface area (Å²) in [5.74, 6) is 1.97. The van der Waals surface area contributed by atoms with E-state index in [9.17, 15) is 0 Å². The Hall–Kier alpha value is -1.59. The molecule has 0 aliphatic rings. The largest absolute Gasteiger partial charge is 0.354 e. The average Bonchev–Trinajstić information content (AvgIpc) is 2.40. The van der Waals surface area contributed by atoms with Crippen molar-refractivity contribution in [3.63, 3.8) is 0 Å². The van der Waals surface area contributed by atoms with Gasteiger partial charge in [0.05, 0.1) is 0 Å². The number of hydrogen-bond acceptors (Lipinski definition) is 6. The maximum atomic E-state index is 4.54. The lowest BCUT2D eigenvalue weighted by atomic mass is 10.0. The lowest BCUT2D eigenvalue weighted by Crippen LogP contribution is -2.32. The molecule has 0 aliphatic carbocycles. The zero-order valence-corrected chi connectivity index (χ0v) is 13.6. The van der Waals surface area contributed by atoms with Crippen molar-refractivity contribution in [2.45, 2.75) is 53.5 Å². The van der Waals surface area contributed by atoms with Crippen molar-refractivity contribution in [1.29, 1.82) is 0 Å². The van der Waals surface area contributed by atoms with Crippen LogP contribution in [0.25, 0.3) is 0 Å². The van der Waals surface area contributed by atoms with Crippen LogP contribution in [-0.4, -0.2) is 40.1 Å². The first-order valence-corrected chi connectivity index (χ1v) is 7.48. The SMILES string of the molecule is CCNc1nc(NC(C)(C)CC)nc(N(CC)CC)n1. The highest BCUT2D eigenvalue weighted by Gasteiger charge is 2.18. The average molecular weight is 280 g/mol. The fourth-order valence-corrected chi connectivity index (χ4v) is 1.70. The summed E-state index contributed by atoms with van der Waals surface area (Å²) in [7, 11) is 0. The Bertz CT molecular complexity index is 414. The molecule has 0 spiro atoms. The van der Waals surface area contributed by atoms with Gasteiger partial charge in [0.2, 0.25) is 17.8 Å². The number of hydrogen-bond donors (Lipinski definition) is 2. The van der Waals surface area contributed by atoms with Crippen molar-refractivity contribution in [2.24, 2.45) is 0 Å². The molecular formula is C14H28N6. The van der Waals surface area contributed by atoms with Crippen LogP contribution in [0.4, 0.5) is 17.8 Å². The first-order valence-electron chi connectivity index (χ1n) is 7.48. The van der Waals surface area contributed by atoms with Crippen LogP contribution in [-0.2, 0) is 0 Å². The molecule has 0 unspecified atom stereocenters. The summed E-state index contributed by atoms with van der Waals surface area (Å²) in [6.07, 6.45) is 0.996. The molecule has 6 nitrogen and oxygen atoms in total. The second-order valence-electron chi connectivity index (χ2n) is 5.35. The van der Waals surface area contributed by atoms with Gasteiger partial charge < -0.3 is 15.5 Å². The Labute approximate surface area is 122 Å². The molecule has 0 bridgehead atoms. The minimum absolute atomic E-state index is 0.0363. The van der Waals surface area contributed by atoms with Gasteiger partial charge in [-0.2, -0.15) is 15.0 Å². The highest BCUT2D eigenvalue weighted by molar-refractivity contribution is 5.44. The number of aromatic nitrogens is 3. The van der Waals surface area contributed by atoms with E-state index in [1.807, 2.05) is 6.92 Å². The third-order valence-corrected chi connectivity index (χ3v) is 3.34. The van der Waals surface area contributed by atoms with Crippen LogP contribution in [0.5, 0.6) is 0 Å². The van der Waals surface area contributed by atoms with Crippen LogP contribution in [0, 0.1) is 0 Å². The van der Waals surface area contributed by atoms with Gasteiger partial charge in [-0.25, -0.2) is 0 Å². The van der Waals surface area contributed by atoms with Gasteiger partial charge in [0.25, 0.3) is 0 Å². The van der Waals surface area contributed by atoms with Crippen molar-refractivity contribution in [2.75, 3.05) is 35.2 Å². The highest BCUT2D eigenvalue weighted by atomic mass is 15.3. The molecule has 114 valence electrons. The molecule has 1 aromatic heterocycles. The first kappa shape index (κ1) is 16.5. The molecule has 6 heteroatoms. The zero-order chi connectivity index (χ0) is 15.2. The molecular weight excluding hydrogens is 252 g/mol. The number of nitrogens with one attached hydrogen (secondary N) is 2. The monoisotopic (exact) mass is 280 g/mol. The lowest BCUT2D eigenvalue weighted by Gasteiger charge is -2.26. The molecule has 0 amide bonds. The third-order valence-electron chi connectivity index (χ3n) is 3.34. The molecule has 0 saturated heterocycles. The van der Waals surface area contributed by atoms with E-state index >= 15 is 0 Å². The van der Waals surface area contributed by atoms with Crippen LogP contribution >= 0.6 is 0 Å². The van der Waals surface area contributed by atoms with Gasteiger partial charge in [-0.1, -0.05) is 6.92 Å². The van der Waals surface area contributed by atoms with Gasteiger partial charge in [0, 0.05) is 25.2 Å². The first-order chi connectivity index (χ1) is 9.45. The van der Waals surface area contributed by atoms with Gasteiger partial charge in [-0.15, -0.1) is 0 Å². The molecule has 0 radical (unpaired) electrons. The minimum Gasteiger partial charge on any atom is -0.354 e. The fourth-order valence-electron chi connectivity index (χ4n) is 1.70.